The summed E-state index contributed by atoms with van der Waals surface area (Å²) in [6, 6.07) is 3.39. The topological polar surface area (TPSA) is 30.0 Å². The molecule has 0 radical (unpaired) electrons. The van der Waals surface area contributed by atoms with Gasteiger partial charge in [0.25, 0.3) is 0 Å². The fourth-order valence-electron chi connectivity index (χ4n) is 1.24. The third-order valence-electron chi connectivity index (χ3n) is 1.89. The molecule has 2 nitrogen and oxygen atoms in total. The van der Waals surface area contributed by atoms with E-state index >= 15 is 0 Å². The average Bonchev–Trinajstić information content (AvgIpc) is 2.14. The molecule has 0 atom stereocenters. The molecule has 1 aromatic heterocycles. The average molecular weight is 248 g/mol. The molecule has 0 N–H and O–H groups in total. The number of aromatic nitrogens is 1. The van der Waals surface area contributed by atoms with E-state index in [1.54, 1.807) is 12.1 Å². The lowest BCUT2D eigenvalue weighted by atomic mass is 10.0. The number of fused-ring (bicyclic) bond motifs is 1. The van der Waals surface area contributed by atoms with Crippen LogP contribution in [0.4, 0.5) is 0 Å². The third kappa shape index (κ3) is 1.44. The van der Waals surface area contributed by atoms with Crippen LogP contribution in [0.1, 0.15) is 16.1 Å². The first-order valence-electron chi connectivity index (χ1n) is 3.79. The Morgan fingerprint density at radius 2 is 2.07 bits per heavy atom. The summed E-state index contributed by atoms with van der Waals surface area (Å²) in [6.07, 6.45) is 2.81. The van der Waals surface area contributed by atoms with Gasteiger partial charge in [0.05, 0.1) is 0 Å². The minimum absolute atomic E-state index is 0.213. The molecule has 2 rings (SSSR count). The highest BCUT2D eigenvalue weighted by Crippen LogP contribution is 2.38. The summed E-state index contributed by atoms with van der Waals surface area (Å²) >= 11 is 17.4. The molecule has 1 aliphatic rings. The SMILES string of the molecule is O=C1c2ncccc2C(Cl)=CC1(Cl)Cl. The molecule has 5 heteroatoms. The van der Waals surface area contributed by atoms with Crippen molar-refractivity contribution in [3.05, 3.63) is 35.7 Å². The van der Waals surface area contributed by atoms with Crippen LogP contribution in [-0.2, 0) is 0 Å². The number of hydrogen-bond donors (Lipinski definition) is 0. The van der Waals surface area contributed by atoms with Crippen LogP contribution in [-0.4, -0.2) is 15.1 Å². The lowest BCUT2D eigenvalue weighted by molar-refractivity contribution is 0.0981. The Balaban J connectivity index is 2.69. The number of hydrogen-bond acceptors (Lipinski definition) is 2. The van der Waals surface area contributed by atoms with E-state index in [2.05, 4.69) is 4.98 Å². The smallest absolute Gasteiger partial charge is 0.221 e. The molecule has 0 saturated carbocycles. The number of allylic oxidation sites excluding steroid dienone is 1. The van der Waals surface area contributed by atoms with Crippen molar-refractivity contribution in [1.82, 2.24) is 4.98 Å². The van der Waals surface area contributed by atoms with Crippen molar-refractivity contribution in [2.75, 3.05) is 0 Å². The van der Waals surface area contributed by atoms with Gasteiger partial charge in [-0.1, -0.05) is 34.8 Å². The highest BCUT2D eigenvalue weighted by molar-refractivity contribution is 6.64. The van der Waals surface area contributed by atoms with Crippen LogP contribution in [0.15, 0.2) is 24.4 Å². The van der Waals surface area contributed by atoms with Crippen LogP contribution in [0.5, 0.6) is 0 Å². The first-order valence-corrected chi connectivity index (χ1v) is 4.92. The summed E-state index contributed by atoms with van der Waals surface area (Å²) in [4.78, 5) is 15.6. The van der Waals surface area contributed by atoms with Gasteiger partial charge in [0.1, 0.15) is 5.69 Å². The van der Waals surface area contributed by atoms with Crippen LogP contribution >= 0.6 is 34.8 Å². The molecule has 0 bridgehead atoms. The van der Waals surface area contributed by atoms with Crippen molar-refractivity contribution in [1.29, 1.82) is 0 Å². The van der Waals surface area contributed by atoms with Crippen LogP contribution in [0.3, 0.4) is 0 Å². The van der Waals surface area contributed by atoms with Gasteiger partial charge in [-0.05, 0) is 18.2 Å². The fourth-order valence-corrected chi connectivity index (χ4v) is 2.06. The monoisotopic (exact) mass is 247 g/mol. The Bertz CT molecular complexity index is 439. The van der Waals surface area contributed by atoms with E-state index in [9.17, 15) is 4.79 Å². The molecule has 1 heterocycles. The Morgan fingerprint density at radius 3 is 2.79 bits per heavy atom. The zero-order chi connectivity index (χ0) is 10.3. The van der Waals surface area contributed by atoms with Gasteiger partial charge >= 0.3 is 0 Å². The summed E-state index contributed by atoms with van der Waals surface area (Å²) in [5, 5.41) is 0.345. The predicted molar refractivity (Wildman–Crippen MR) is 56.8 cm³/mol. The van der Waals surface area contributed by atoms with E-state index in [0.29, 0.717) is 10.6 Å². The third-order valence-corrected chi connectivity index (χ3v) is 2.77. The van der Waals surface area contributed by atoms with Gasteiger partial charge in [0, 0.05) is 16.8 Å². The molecule has 1 aromatic rings. The van der Waals surface area contributed by atoms with Crippen molar-refractivity contribution in [3.8, 4) is 0 Å². The Hall–Kier alpha value is -0.570. The number of nitrogens with zero attached hydrogens (tertiary/aromatic N) is 1. The first kappa shape index (κ1) is 9.97. The lowest BCUT2D eigenvalue weighted by Crippen LogP contribution is -2.28. The minimum atomic E-state index is -1.60. The van der Waals surface area contributed by atoms with Gasteiger partial charge in [0.15, 0.2) is 0 Å². The van der Waals surface area contributed by atoms with E-state index in [1.807, 2.05) is 0 Å². The number of rotatable bonds is 0. The van der Waals surface area contributed by atoms with Crippen LogP contribution in [0.2, 0.25) is 0 Å². The summed E-state index contributed by atoms with van der Waals surface area (Å²) in [6.45, 7) is 0. The summed E-state index contributed by atoms with van der Waals surface area (Å²) < 4.78 is -1.60. The van der Waals surface area contributed by atoms with Crippen LogP contribution in [0.25, 0.3) is 5.03 Å². The lowest BCUT2D eigenvalue weighted by Gasteiger charge is -2.20. The normalized spacial score (nSPS) is 18.8. The van der Waals surface area contributed by atoms with E-state index in [1.165, 1.54) is 12.3 Å². The second-order valence-electron chi connectivity index (χ2n) is 2.84. The van der Waals surface area contributed by atoms with Crippen molar-refractivity contribution in [2.24, 2.45) is 0 Å². The number of carbonyl (C=O) groups excluding carboxylic acids is 1. The number of Topliss-reactive ketones (excluding diaryl/α,β-unsaturated/α-hetero) is 1. The summed E-state index contributed by atoms with van der Waals surface area (Å²) in [5.41, 5.74) is 0.779. The largest absolute Gasteiger partial charge is 0.289 e. The van der Waals surface area contributed by atoms with Gasteiger partial charge in [-0.15, -0.1) is 0 Å². The quantitative estimate of drug-likeness (QED) is 0.661. The van der Waals surface area contributed by atoms with Gasteiger partial charge in [-0.2, -0.15) is 0 Å². The molecule has 0 fully saturated rings. The highest BCUT2D eigenvalue weighted by atomic mass is 35.5. The first-order chi connectivity index (χ1) is 6.52. The van der Waals surface area contributed by atoms with Crippen LogP contribution < -0.4 is 0 Å². The van der Waals surface area contributed by atoms with E-state index in [4.69, 9.17) is 34.8 Å². The number of carbonyl (C=O) groups is 1. The Kier molecular flexibility index (Phi) is 2.30. The van der Waals surface area contributed by atoms with Gasteiger partial charge in [0.2, 0.25) is 10.1 Å². The van der Waals surface area contributed by atoms with E-state index in [0.717, 1.165) is 0 Å². The molecular formula is C9H4Cl3NO. The molecule has 72 valence electrons. The molecule has 0 aliphatic heterocycles. The summed E-state index contributed by atoms with van der Waals surface area (Å²) in [5.74, 6) is -0.444. The van der Waals surface area contributed by atoms with Crippen molar-refractivity contribution in [2.45, 2.75) is 4.33 Å². The molecule has 0 saturated heterocycles. The molecule has 0 amide bonds. The Labute approximate surface area is 95.5 Å². The van der Waals surface area contributed by atoms with Crippen molar-refractivity contribution < 1.29 is 4.79 Å². The Morgan fingerprint density at radius 1 is 1.36 bits per heavy atom. The van der Waals surface area contributed by atoms with Gasteiger partial charge in [-0.3, -0.25) is 9.78 Å². The fraction of sp³-hybridized carbons (Fsp3) is 0.111. The van der Waals surface area contributed by atoms with Crippen molar-refractivity contribution >= 4 is 45.6 Å². The second-order valence-corrected chi connectivity index (χ2v) is 4.64. The maximum atomic E-state index is 11.7. The molecular weight excluding hydrogens is 244 g/mol. The highest BCUT2D eigenvalue weighted by Gasteiger charge is 2.39. The second kappa shape index (κ2) is 3.23. The number of halogens is 3. The zero-order valence-electron chi connectivity index (χ0n) is 6.80. The molecule has 1 aliphatic carbocycles. The van der Waals surface area contributed by atoms with Gasteiger partial charge in [-0.25, -0.2) is 0 Å². The van der Waals surface area contributed by atoms with E-state index in [-0.39, 0.29) is 5.69 Å². The maximum Gasteiger partial charge on any atom is 0.221 e. The predicted octanol–water partition coefficient (Wildman–Crippen LogP) is 3.03. The molecule has 0 aromatic carbocycles. The standard InChI is InChI=1S/C9H4Cl3NO/c10-6-4-9(11,12)8(14)7-5(6)2-1-3-13-7/h1-4H. The number of pyridine rings is 1. The maximum absolute atomic E-state index is 11.7. The molecule has 14 heavy (non-hydrogen) atoms. The van der Waals surface area contributed by atoms with E-state index < -0.39 is 10.1 Å². The summed E-state index contributed by atoms with van der Waals surface area (Å²) in [7, 11) is 0. The number of ketones is 1. The molecule has 0 unspecified atom stereocenters. The minimum Gasteiger partial charge on any atom is -0.289 e. The zero-order valence-corrected chi connectivity index (χ0v) is 9.07. The molecule has 0 spiro atoms. The van der Waals surface area contributed by atoms with Gasteiger partial charge < -0.3 is 0 Å². The number of alkyl halides is 2. The van der Waals surface area contributed by atoms with Crippen molar-refractivity contribution in [3.63, 3.8) is 0 Å². The van der Waals surface area contributed by atoms with Crippen LogP contribution in [0, 0.1) is 0 Å².